The number of nitrogens with zero attached hydrogens (tertiary/aromatic N) is 3. The fraction of sp³-hybridized carbons (Fsp3) is 0.450. The molecule has 1 aromatic heterocycles. The maximum absolute atomic E-state index is 13.0. The van der Waals surface area contributed by atoms with Crippen molar-refractivity contribution in [1.82, 2.24) is 14.7 Å². The molecule has 0 spiro atoms. The molecule has 0 aliphatic carbocycles. The first-order valence-electron chi connectivity index (χ1n) is 9.69. The van der Waals surface area contributed by atoms with Crippen molar-refractivity contribution < 1.29 is 40.7 Å². The minimum absolute atomic E-state index is 0.00982. The van der Waals surface area contributed by atoms with Gasteiger partial charge in [0.2, 0.25) is 0 Å². The van der Waals surface area contributed by atoms with Crippen molar-refractivity contribution >= 4 is 11.9 Å². The summed E-state index contributed by atoms with van der Waals surface area (Å²) in [4.78, 5) is 26.3. The molecule has 0 saturated heterocycles. The smallest absolute Gasteiger partial charge is 0.416 e. The molecular weight excluding hydrogens is 444 g/mol. The summed E-state index contributed by atoms with van der Waals surface area (Å²) in [5, 5.41) is 3.98. The number of rotatable bonds is 5. The van der Waals surface area contributed by atoms with Gasteiger partial charge in [0.05, 0.1) is 25.1 Å². The molecule has 12 heteroatoms. The average molecular weight is 463 g/mol. The van der Waals surface area contributed by atoms with Crippen LogP contribution in [0.2, 0.25) is 0 Å². The summed E-state index contributed by atoms with van der Waals surface area (Å²) in [5.41, 5.74) is -0.771. The van der Waals surface area contributed by atoms with E-state index in [1.165, 1.54) is 11.0 Å². The highest BCUT2D eigenvalue weighted by Gasteiger charge is 2.34. The van der Waals surface area contributed by atoms with E-state index >= 15 is 0 Å². The largest absolute Gasteiger partial charge is 0.461 e. The summed E-state index contributed by atoms with van der Waals surface area (Å²) in [5.74, 6) is -1.54. The van der Waals surface area contributed by atoms with Crippen molar-refractivity contribution in [3.63, 3.8) is 0 Å². The molecule has 3 rings (SSSR count). The van der Waals surface area contributed by atoms with Crippen LogP contribution >= 0.6 is 0 Å². The lowest BCUT2D eigenvalue weighted by molar-refractivity contribution is -0.138. The highest BCUT2D eigenvalue weighted by atomic mass is 19.4. The van der Waals surface area contributed by atoms with Crippen LogP contribution in [0.5, 0.6) is 0 Å². The Morgan fingerprint density at radius 3 is 2.50 bits per heavy atom. The van der Waals surface area contributed by atoms with E-state index in [-0.39, 0.29) is 42.9 Å². The van der Waals surface area contributed by atoms with E-state index in [2.05, 4.69) is 5.10 Å². The third kappa shape index (κ3) is 5.22. The van der Waals surface area contributed by atoms with Crippen molar-refractivity contribution in [3.05, 3.63) is 52.3 Å². The number of hydrogen-bond donors (Lipinski definition) is 0. The lowest BCUT2D eigenvalue weighted by Crippen LogP contribution is -2.37. The summed E-state index contributed by atoms with van der Waals surface area (Å²) in [7, 11) is 0. The molecule has 2 aromatic rings. The van der Waals surface area contributed by atoms with E-state index < -0.39 is 42.8 Å². The van der Waals surface area contributed by atoms with Gasteiger partial charge in [-0.2, -0.15) is 31.4 Å². The maximum atomic E-state index is 13.0. The molecule has 0 unspecified atom stereocenters. The SMILES string of the molecule is CCOC(=O)c1nn(CCC(F)(F)F)c2c1CN(C(=O)c1cccc(C(F)(F)F)c1)CC2. The summed E-state index contributed by atoms with van der Waals surface area (Å²) >= 11 is 0. The zero-order valence-electron chi connectivity index (χ0n) is 16.9. The zero-order valence-corrected chi connectivity index (χ0v) is 16.9. The number of halogens is 6. The number of ether oxygens (including phenoxy) is 1. The van der Waals surface area contributed by atoms with Gasteiger partial charge in [-0.3, -0.25) is 9.48 Å². The van der Waals surface area contributed by atoms with Crippen LogP contribution < -0.4 is 0 Å². The minimum Gasteiger partial charge on any atom is -0.461 e. The molecule has 0 N–H and O–H groups in total. The predicted octanol–water partition coefficient (Wildman–Crippen LogP) is 4.23. The fourth-order valence-corrected chi connectivity index (χ4v) is 3.46. The number of carbonyl (C=O) groups is 2. The molecule has 1 aliphatic heterocycles. The van der Waals surface area contributed by atoms with Crippen molar-refractivity contribution in [3.8, 4) is 0 Å². The molecule has 32 heavy (non-hydrogen) atoms. The molecular formula is C20H19F6N3O3. The van der Waals surface area contributed by atoms with Gasteiger partial charge < -0.3 is 9.64 Å². The van der Waals surface area contributed by atoms with Crippen LogP contribution in [0.3, 0.4) is 0 Å². The van der Waals surface area contributed by atoms with Crippen molar-refractivity contribution in [2.24, 2.45) is 0 Å². The second-order valence-electron chi connectivity index (χ2n) is 7.14. The highest BCUT2D eigenvalue weighted by Crippen LogP contribution is 2.31. The first-order valence-corrected chi connectivity index (χ1v) is 9.69. The van der Waals surface area contributed by atoms with Gasteiger partial charge in [0.1, 0.15) is 0 Å². The van der Waals surface area contributed by atoms with E-state index in [0.717, 1.165) is 22.9 Å². The Bertz CT molecular complexity index is 1010. The van der Waals surface area contributed by atoms with Gasteiger partial charge in [-0.05, 0) is 25.1 Å². The Morgan fingerprint density at radius 2 is 1.88 bits per heavy atom. The molecule has 0 bridgehead atoms. The summed E-state index contributed by atoms with van der Waals surface area (Å²) in [6, 6.07) is 3.93. The highest BCUT2D eigenvalue weighted by molar-refractivity contribution is 5.95. The average Bonchev–Trinajstić information content (AvgIpc) is 3.09. The van der Waals surface area contributed by atoms with Crippen LogP contribution in [0.1, 0.15) is 51.0 Å². The number of aromatic nitrogens is 2. The molecule has 2 heterocycles. The summed E-state index contributed by atoms with van der Waals surface area (Å²) < 4.78 is 82.9. The number of aryl methyl sites for hydroxylation is 1. The van der Waals surface area contributed by atoms with E-state index in [4.69, 9.17) is 4.74 Å². The maximum Gasteiger partial charge on any atom is 0.416 e. The number of carbonyl (C=O) groups excluding carboxylic acids is 2. The Kier molecular flexibility index (Phi) is 6.51. The number of hydrogen-bond acceptors (Lipinski definition) is 4. The van der Waals surface area contributed by atoms with Gasteiger partial charge in [-0.1, -0.05) is 6.07 Å². The number of benzene rings is 1. The quantitative estimate of drug-likeness (QED) is 0.492. The van der Waals surface area contributed by atoms with Crippen LogP contribution in [0.25, 0.3) is 0 Å². The minimum atomic E-state index is -4.62. The Balaban J connectivity index is 1.90. The molecule has 1 amide bonds. The molecule has 0 saturated carbocycles. The molecule has 174 valence electrons. The number of amides is 1. The van der Waals surface area contributed by atoms with Gasteiger partial charge in [0, 0.05) is 36.3 Å². The van der Waals surface area contributed by atoms with Crippen LogP contribution in [-0.4, -0.2) is 45.9 Å². The lowest BCUT2D eigenvalue weighted by Gasteiger charge is -2.28. The van der Waals surface area contributed by atoms with Crippen molar-refractivity contribution in [1.29, 1.82) is 0 Å². The first kappa shape index (κ1) is 23.6. The van der Waals surface area contributed by atoms with Gasteiger partial charge in [0.25, 0.3) is 5.91 Å². The van der Waals surface area contributed by atoms with E-state index in [1.54, 1.807) is 6.92 Å². The van der Waals surface area contributed by atoms with E-state index in [9.17, 15) is 35.9 Å². The number of esters is 1. The normalized spacial score (nSPS) is 14.3. The second-order valence-corrected chi connectivity index (χ2v) is 7.14. The monoisotopic (exact) mass is 463 g/mol. The Labute approximate surface area is 178 Å². The Morgan fingerprint density at radius 1 is 1.16 bits per heavy atom. The van der Waals surface area contributed by atoms with Crippen LogP contribution in [0.4, 0.5) is 26.3 Å². The first-order chi connectivity index (χ1) is 14.9. The van der Waals surface area contributed by atoms with Gasteiger partial charge in [0.15, 0.2) is 5.69 Å². The molecule has 6 nitrogen and oxygen atoms in total. The van der Waals surface area contributed by atoms with Crippen molar-refractivity contribution in [2.45, 2.75) is 45.2 Å². The van der Waals surface area contributed by atoms with Gasteiger partial charge in [-0.25, -0.2) is 4.79 Å². The fourth-order valence-electron chi connectivity index (χ4n) is 3.46. The third-order valence-corrected chi connectivity index (χ3v) is 4.93. The van der Waals surface area contributed by atoms with Crippen LogP contribution in [-0.2, 0) is 30.4 Å². The standard InChI is InChI=1S/C20H19F6N3O3/c1-2-32-18(31)16-14-11-28(8-6-15(14)29(27-16)9-7-19(21,22)23)17(30)12-4-3-5-13(10-12)20(24,25)26/h3-5,10H,2,6-9,11H2,1H3. The predicted molar refractivity (Wildman–Crippen MR) is 98.7 cm³/mol. The lowest BCUT2D eigenvalue weighted by atomic mass is 10.0. The zero-order chi connectivity index (χ0) is 23.7. The summed E-state index contributed by atoms with van der Waals surface area (Å²) in [6.45, 7) is 0.907. The molecule has 1 aliphatic rings. The number of fused-ring (bicyclic) bond motifs is 1. The van der Waals surface area contributed by atoms with E-state index in [0.29, 0.717) is 5.69 Å². The molecule has 0 radical (unpaired) electrons. The topological polar surface area (TPSA) is 64.4 Å². The van der Waals surface area contributed by atoms with Gasteiger partial charge in [-0.15, -0.1) is 0 Å². The molecule has 1 aromatic carbocycles. The van der Waals surface area contributed by atoms with Gasteiger partial charge >= 0.3 is 18.3 Å². The van der Waals surface area contributed by atoms with Crippen molar-refractivity contribution in [2.75, 3.05) is 13.2 Å². The van der Waals surface area contributed by atoms with E-state index in [1.807, 2.05) is 0 Å². The molecule has 0 fully saturated rings. The third-order valence-electron chi connectivity index (χ3n) is 4.93. The number of alkyl halides is 6. The van der Waals surface area contributed by atoms with Crippen LogP contribution in [0.15, 0.2) is 24.3 Å². The second kappa shape index (κ2) is 8.83. The Hall–Kier alpha value is -3.05. The van der Waals surface area contributed by atoms with Crippen LogP contribution in [0, 0.1) is 0 Å². The summed E-state index contributed by atoms with van der Waals surface area (Å²) in [6.07, 6.45) is -10.1. The molecule has 0 atom stereocenters.